The summed E-state index contributed by atoms with van der Waals surface area (Å²) in [6.45, 7) is 2.84. The Kier molecular flexibility index (Phi) is 5.88. The Morgan fingerprint density at radius 3 is 2.70 bits per heavy atom. The van der Waals surface area contributed by atoms with Crippen LogP contribution in [-0.4, -0.2) is 66.2 Å². The monoisotopic (exact) mass is 396 g/mol. The summed E-state index contributed by atoms with van der Waals surface area (Å²) in [5.41, 5.74) is 0.754. The zero-order chi connectivity index (χ0) is 19.6. The summed E-state index contributed by atoms with van der Waals surface area (Å²) in [7, 11) is 3.42. The molecule has 3 rings (SSSR count). The largest absolute Gasteiger partial charge is 0.370 e. The summed E-state index contributed by atoms with van der Waals surface area (Å²) in [5, 5.41) is 14.4. The van der Waals surface area contributed by atoms with Crippen LogP contribution in [0.15, 0.2) is 18.2 Å². The standard InChI is InChI=1S/C18H25ClN4O4/c1-21(2)17(24)20-11-15-10-18(27-15)5-7-22(8-6-18)12-13-9-14(23(25)26)3-4-16(13)19/h3-4,9,15H,5-8,10-12H2,1-2H3,(H,20,24). The lowest BCUT2D eigenvalue weighted by Gasteiger charge is -2.52. The third kappa shape index (κ3) is 4.69. The molecule has 0 aromatic heterocycles. The molecule has 2 aliphatic rings. The van der Waals surface area contributed by atoms with E-state index < -0.39 is 4.92 Å². The number of rotatable bonds is 5. The maximum atomic E-state index is 11.6. The number of likely N-dealkylation sites (tertiary alicyclic amines) is 1. The van der Waals surface area contributed by atoms with E-state index in [1.54, 1.807) is 26.2 Å². The molecule has 2 saturated heterocycles. The Balaban J connectivity index is 1.46. The SMILES string of the molecule is CN(C)C(=O)NCC1CC2(CCN(Cc3cc([N+](=O)[O-])ccc3Cl)CC2)O1. The fraction of sp³-hybridized carbons (Fsp3) is 0.611. The van der Waals surface area contributed by atoms with Gasteiger partial charge in [0.05, 0.1) is 16.6 Å². The van der Waals surface area contributed by atoms with Gasteiger partial charge in [0, 0.05) is 63.9 Å². The van der Waals surface area contributed by atoms with E-state index in [1.165, 1.54) is 11.0 Å². The van der Waals surface area contributed by atoms with Gasteiger partial charge in [0.15, 0.2) is 0 Å². The predicted molar refractivity (Wildman–Crippen MR) is 102 cm³/mol. The van der Waals surface area contributed by atoms with Gasteiger partial charge in [0.2, 0.25) is 0 Å². The van der Waals surface area contributed by atoms with Gasteiger partial charge < -0.3 is 15.0 Å². The van der Waals surface area contributed by atoms with Crippen molar-refractivity contribution in [1.29, 1.82) is 0 Å². The number of hydrogen-bond acceptors (Lipinski definition) is 5. The molecule has 2 aliphatic heterocycles. The number of nitro groups is 1. The Hall–Kier alpha value is -1.90. The molecule has 1 unspecified atom stereocenters. The summed E-state index contributed by atoms with van der Waals surface area (Å²) in [6, 6.07) is 4.45. The van der Waals surface area contributed by atoms with Gasteiger partial charge in [0.25, 0.3) is 5.69 Å². The zero-order valence-corrected chi connectivity index (χ0v) is 16.4. The third-order valence-electron chi connectivity index (χ3n) is 5.30. The van der Waals surface area contributed by atoms with Crippen molar-refractivity contribution in [1.82, 2.24) is 15.1 Å². The lowest BCUT2D eigenvalue weighted by atomic mass is 9.80. The van der Waals surface area contributed by atoms with Crippen LogP contribution < -0.4 is 5.32 Å². The normalized spacial score (nSPS) is 21.5. The molecule has 2 heterocycles. The molecule has 0 aliphatic carbocycles. The molecule has 1 spiro atoms. The molecule has 0 radical (unpaired) electrons. The maximum absolute atomic E-state index is 11.6. The van der Waals surface area contributed by atoms with Crippen molar-refractivity contribution >= 4 is 23.3 Å². The van der Waals surface area contributed by atoms with Crippen LogP contribution in [-0.2, 0) is 11.3 Å². The molecule has 2 fully saturated rings. The molecule has 0 saturated carbocycles. The van der Waals surface area contributed by atoms with Crippen LogP contribution in [0.3, 0.4) is 0 Å². The van der Waals surface area contributed by atoms with E-state index in [1.807, 2.05) is 0 Å². The van der Waals surface area contributed by atoms with E-state index in [9.17, 15) is 14.9 Å². The highest BCUT2D eigenvalue weighted by molar-refractivity contribution is 6.31. The van der Waals surface area contributed by atoms with Gasteiger partial charge in [-0.05, 0) is 24.5 Å². The van der Waals surface area contributed by atoms with Crippen LogP contribution >= 0.6 is 11.6 Å². The number of ether oxygens (including phenoxy) is 1. The number of nitrogens with one attached hydrogen (secondary N) is 1. The summed E-state index contributed by atoms with van der Waals surface area (Å²) in [4.78, 5) is 25.9. The minimum atomic E-state index is -0.400. The second-order valence-corrected chi connectivity index (χ2v) is 7.92. The molecule has 2 amide bonds. The third-order valence-corrected chi connectivity index (χ3v) is 5.67. The van der Waals surface area contributed by atoms with Crippen LogP contribution in [0.4, 0.5) is 10.5 Å². The summed E-state index contributed by atoms with van der Waals surface area (Å²) < 4.78 is 6.10. The first-order valence-corrected chi connectivity index (χ1v) is 9.44. The summed E-state index contributed by atoms with van der Waals surface area (Å²) in [6.07, 6.45) is 2.85. The van der Waals surface area contributed by atoms with E-state index in [0.29, 0.717) is 18.1 Å². The van der Waals surface area contributed by atoms with E-state index in [4.69, 9.17) is 16.3 Å². The van der Waals surface area contributed by atoms with Gasteiger partial charge >= 0.3 is 6.03 Å². The highest BCUT2D eigenvalue weighted by atomic mass is 35.5. The van der Waals surface area contributed by atoms with Gasteiger partial charge in [-0.2, -0.15) is 0 Å². The number of carbonyl (C=O) groups is 1. The Bertz CT molecular complexity index is 711. The Labute approximate surface area is 163 Å². The fourth-order valence-corrected chi connectivity index (χ4v) is 3.89. The van der Waals surface area contributed by atoms with Gasteiger partial charge in [-0.3, -0.25) is 15.0 Å². The van der Waals surface area contributed by atoms with Crippen molar-refractivity contribution in [2.45, 2.75) is 37.5 Å². The minimum Gasteiger partial charge on any atom is -0.370 e. The number of non-ortho nitro benzene ring substituents is 1. The van der Waals surface area contributed by atoms with E-state index in [0.717, 1.165) is 37.9 Å². The van der Waals surface area contributed by atoms with Gasteiger partial charge in [0.1, 0.15) is 0 Å². The van der Waals surface area contributed by atoms with Crippen molar-refractivity contribution in [3.05, 3.63) is 38.9 Å². The van der Waals surface area contributed by atoms with Crippen molar-refractivity contribution < 1.29 is 14.5 Å². The van der Waals surface area contributed by atoms with Crippen LogP contribution in [0.5, 0.6) is 0 Å². The number of nitrogens with zero attached hydrogens (tertiary/aromatic N) is 3. The quantitative estimate of drug-likeness (QED) is 0.610. The number of benzene rings is 1. The number of amides is 2. The number of hydrogen-bond donors (Lipinski definition) is 1. The number of halogens is 1. The smallest absolute Gasteiger partial charge is 0.316 e. The van der Waals surface area contributed by atoms with Crippen LogP contribution in [0, 0.1) is 10.1 Å². The molecule has 1 aromatic carbocycles. The highest BCUT2D eigenvalue weighted by Crippen LogP contribution is 2.41. The second kappa shape index (κ2) is 8.00. The van der Waals surface area contributed by atoms with E-state index in [2.05, 4.69) is 10.2 Å². The number of urea groups is 1. The fourth-order valence-electron chi connectivity index (χ4n) is 3.71. The summed E-state index contributed by atoms with van der Waals surface area (Å²) >= 11 is 6.20. The van der Waals surface area contributed by atoms with Gasteiger partial charge in [-0.1, -0.05) is 11.6 Å². The first-order chi connectivity index (χ1) is 12.8. The van der Waals surface area contributed by atoms with Crippen LogP contribution in [0.1, 0.15) is 24.8 Å². The van der Waals surface area contributed by atoms with E-state index >= 15 is 0 Å². The molecule has 9 heteroatoms. The van der Waals surface area contributed by atoms with E-state index in [-0.39, 0.29) is 23.4 Å². The average molecular weight is 397 g/mol. The molecular formula is C18H25ClN4O4. The molecule has 1 N–H and O–H groups in total. The lowest BCUT2D eigenvalue weighted by molar-refractivity contribution is -0.384. The topological polar surface area (TPSA) is 88.0 Å². The molecular weight excluding hydrogens is 372 g/mol. The van der Waals surface area contributed by atoms with Crippen LogP contribution in [0.25, 0.3) is 0 Å². The maximum Gasteiger partial charge on any atom is 0.316 e. The number of nitro benzene ring substituents is 1. The second-order valence-electron chi connectivity index (χ2n) is 7.52. The molecule has 1 atom stereocenters. The Morgan fingerprint density at radius 2 is 2.11 bits per heavy atom. The first-order valence-electron chi connectivity index (χ1n) is 9.06. The van der Waals surface area contributed by atoms with Crippen molar-refractivity contribution in [2.24, 2.45) is 0 Å². The Morgan fingerprint density at radius 1 is 1.44 bits per heavy atom. The average Bonchev–Trinajstić information content (AvgIpc) is 2.60. The molecule has 0 bridgehead atoms. The number of piperidine rings is 1. The predicted octanol–water partition coefficient (Wildman–Crippen LogP) is 2.64. The summed E-state index contributed by atoms with van der Waals surface area (Å²) in [5.74, 6) is 0. The highest BCUT2D eigenvalue weighted by Gasteiger charge is 2.47. The van der Waals surface area contributed by atoms with Crippen molar-refractivity contribution in [3.63, 3.8) is 0 Å². The molecule has 8 nitrogen and oxygen atoms in total. The van der Waals surface area contributed by atoms with Crippen molar-refractivity contribution in [3.8, 4) is 0 Å². The lowest BCUT2D eigenvalue weighted by Crippen LogP contribution is -2.59. The van der Waals surface area contributed by atoms with Gasteiger partial charge in [-0.25, -0.2) is 4.79 Å². The number of carbonyl (C=O) groups excluding carboxylic acids is 1. The van der Waals surface area contributed by atoms with Crippen LogP contribution in [0.2, 0.25) is 5.02 Å². The van der Waals surface area contributed by atoms with Gasteiger partial charge in [-0.15, -0.1) is 0 Å². The molecule has 1 aromatic rings. The zero-order valence-electron chi connectivity index (χ0n) is 15.6. The minimum absolute atomic E-state index is 0.0628. The first kappa shape index (κ1) is 19.9. The van der Waals surface area contributed by atoms with Crippen molar-refractivity contribution in [2.75, 3.05) is 33.7 Å². The molecule has 148 valence electrons. The molecule has 27 heavy (non-hydrogen) atoms.